The second-order valence-electron chi connectivity index (χ2n) is 2.10. The van der Waals surface area contributed by atoms with Crippen LogP contribution in [0.15, 0.2) is 0 Å². The second kappa shape index (κ2) is 2.31. The van der Waals surface area contributed by atoms with Crippen LogP contribution in [0.25, 0.3) is 0 Å². The highest BCUT2D eigenvalue weighted by molar-refractivity contribution is 5.04. The van der Waals surface area contributed by atoms with Gasteiger partial charge < -0.3 is 5.32 Å². The first-order valence-corrected chi connectivity index (χ1v) is 2.91. The maximum absolute atomic E-state index is 3.12. The third-order valence-electron chi connectivity index (χ3n) is 1.33. The molecule has 0 aliphatic heterocycles. The fourth-order valence-electron chi connectivity index (χ4n) is 0.640. The average Bonchev–Trinajstić information content (AvgIpc) is 2.42. The molecular formula is C6H12N. The van der Waals surface area contributed by atoms with Crippen LogP contribution in [0.3, 0.4) is 0 Å². The van der Waals surface area contributed by atoms with Gasteiger partial charge in [0.25, 0.3) is 0 Å². The molecule has 0 saturated heterocycles. The Balaban J connectivity index is 1.80. The first-order valence-electron chi connectivity index (χ1n) is 2.91. The summed E-state index contributed by atoms with van der Waals surface area (Å²) in [6, 6.07) is 0. The van der Waals surface area contributed by atoms with E-state index >= 15 is 0 Å². The van der Waals surface area contributed by atoms with Gasteiger partial charge in [-0.3, -0.25) is 0 Å². The molecule has 0 bridgehead atoms. The summed E-state index contributed by atoms with van der Waals surface area (Å²) in [7, 11) is 2.00. The predicted octanol–water partition coefficient (Wildman–Crippen LogP) is 0.964. The zero-order chi connectivity index (χ0) is 5.11. The molecule has 1 saturated carbocycles. The Hall–Kier alpha value is -0.0400. The van der Waals surface area contributed by atoms with Crippen LogP contribution in [0.5, 0.6) is 0 Å². The highest BCUT2D eigenvalue weighted by Gasteiger charge is 2.20. The fourth-order valence-corrected chi connectivity index (χ4v) is 0.640. The summed E-state index contributed by atoms with van der Waals surface area (Å²) in [5.74, 6) is 1.74. The van der Waals surface area contributed by atoms with Crippen LogP contribution < -0.4 is 5.32 Å². The van der Waals surface area contributed by atoms with Gasteiger partial charge in [0.2, 0.25) is 0 Å². The average molecular weight is 98.2 g/mol. The van der Waals surface area contributed by atoms with E-state index in [1.54, 1.807) is 5.92 Å². The summed E-state index contributed by atoms with van der Waals surface area (Å²) in [6.45, 7) is 1.18. The van der Waals surface area contributed by atoms with E-state index < -0.39 is 0 Å². The highest BCUT2D eigenvalue weighted by atomic mass is 14.8. The minimum absolute atomic E-state index is 1.18. The lowest BCUT2D eigenvalue weighted by Crippen LogP contribution is -2.07. The lowest BCUT2D eigenvalue weighted by molar-refractivity contribution is 0.773. The van der Waals surface area contributed by atoms with E-state index in [1.807, 2.05) is 7.05 Å². The Labute approximate surface area is 45.1 Å². The topological polar surface area (TPSA) is 12.0 Å². The Morgan fingerprint density at radius 2 is 2.29 bits per heavy atom. The molecule has 0 atom stereocenters. The van der Waals surface area contributed by atoms with Crippen LogP contribution in [0, 0.1) is 5.92 Å². The number of hydrogen-bond acceptors (Lipinski definition) is 1. The van der Waals surface area contributed by atoms with Crippen LogP contribution in [0.4, 0.5) is 0 Å². The zero-order valence-corrected chi connectivity index (χ0v) is 4.83. The van der Waals surface area contributed by atoms with E-state index in [9.17, 15) is 0 Å². The van der Waals surface area contributed by atoms with Crippen LogP contribution in [0.1, 0.15) is 19.3 Å². The molecule has 41 valence electrons. The smallest absolute Gasteiger partial charge is 0.00464 e. The maximum atomic E-state index is 3.12. The molecule has 1 nitrogen and oxygen atoms in total. The van der Waals surface area contributed by atoms with Gasteiger partial charge in [-0.1, -0.05) is 0 Å². The molecule has 0 amide bonds. The van der Waals surface area contributed by atoms with E-state index in [0.29, 0.717) is 0 Å². The van der Waals surface area contributed by atoms with Gasteiger partial charge in [0.1, 0.15) is 0 Å². The van der Waals surface area contributed by atoms with Crippen molar-refractivity contribution in [3.05, 3.63) is 5.92 Å². The summed E-state index contributed by atoms with van der Waals surface area (Å²) < 4.78 is 0. The van der Waals surface area contributed by atoms with Gasteiger partial charge in [-0.25, -0.2) is 0 Å². The van der Waals surface area contributed by atoms with Gasteiger partial charge in [-0.05, 0) is 38.8 Å². The molecule has 0 heterocycles. The van der Waals surface area contributed by atoms with Crippen LogP contribution >= 0.6 is 0 Å². The first kappa shape index (κ1) is 5.10. The monoisotopic (exact) mass is 98.1 g/mol. The van der Waals surface area contributed by atoms with Crippen molar-refractivity contribution in [3.63, 3.8) is 0 Å². The normalized spacial score (nSPS) is 20.1. The number of hydrogen-bond donors (Lipinski definition) is 1. The van der Waals surface area contributed by atoms with Gasteiger partial charge in [-0.15, -0.1) is 0 Å². The predicted molar refractivity (Wildman–Crippen MR) is 31.0 cm³/mol. The Kier molecular flexibility index (Phi) is 1.69. The molecular weight excluding hydrogens is 86.1 g/mol. The van der Waals surface area contributed by atoms with Gasteiger partial charge in [0.05, 0.1) is 0 Å². The Morgan fingerprint density at radius 3 is 2.71 bits per heavy atom. The standard InChI is InChI=1S/C6H12N/c1-7-5-4-6-2-3-6/h7H,2-5H2,1H3. The van der Waals surface area contributed by atoms with E-state index in [-0.39, 0.29) is 0 Å². The summed E-state index contributed by atoms with van der Waals surface area (Å²) in [5, 5.41) is 3.12. The van der Waals surface area contributed by atoms with E-state index in [0.717, 1.165) is 0 Å². The van der Waals surface area contributed by atoms with Crippen LogP contribution in [0.2, 0.25) is 0 Å². The van der Waals surface area contributed by atoms with Crippen molar-refractivity contribution in [2.45, 2.75) is 19.3 Å². The lowest BCUT2D eigenvalue weighted by Gasteiger charge is -1.91. The second-order valence-corrected chi connectivity index (χ2v) is 2.10. The van der Waals surface area contributed by atoms with Crippen LogP contribution in [-0.2, 0) is 0 Å². The molecule has 0 aromatic rings. The molecule has 0 spiro atoms. The molecule has 1 rings (SSSR count). The highest BCUT2D eigenvalue weighted by Crippen LogP contribution is 2.34. The zero-order valence-electron chi connectivity index (χ0n) is 4.83. The van der Waals surface area contributed by atoms with Gasteiger partial charge >= 0.3 is 0 Å². The Bertz CT molecular complexity index is 48.1. The van der Waals surface area contributed by atoms with Crippen molar-refractivity contribution in [1.82, 2.24) is 5.32 Å². The van der Waals surface area contributed by atoms with E-state index in [1.165, 1.54) is 25.8 Å². The molecule has 1 aliphatic carbocycles. The van der Waals surface area contributed by atoms with Crippen molar-refractivity contribution < 1.29 is 0 Å². The van der Waals surface area contributed by atoms with Crippen molar-refractivity contribution in [2.75, 3.05) is 13.6 Å². The maximum Gasteiger partial charge on any atom is -0.00464 e. The molecule has 7 heavy (non-hydrogen) atoms. The third-order valence-corrected chi connectivity index (χ3v) is 1.33. The molecule has 1 heteroatoms. The van der Waals surface area contributed by atoms with Crippen molar-refractivity contribution >= 4 is 0 Å². The molecule has 1 radical (unpaired) electrons. The summed E-state index contributed by atoms with van der Waals surface area (Å²) in [4.78, 5) is 0. The SMILES string of the molecule is CNCC[C]1CC1. The summed E-state index contributed by atoms with van der Waals surface area (Å²) >= 11 is 0. The fraction of sp³-hybridized carbons (Fsp3) is 0.833. The van der Waals surface area contributed by atoms with Gasteiger partial charge in [0.15, 0.2) is 0 Å². The molecule has 0 aromatic heterocycles. The Morgan fingerprint density at radius 1 is 1.57 bits per heavy atom. The summed E-state index contributed by atoms with van der Waals surface area (Å²) in [5.41, 5.74) is 0. The van der Waals surface area contributed by atoms with Crippen LogP contribution in [-0.4, -0.2) is 13.6 Å². The lowest BCUT2D eigenvalue weighted by atomic mass is 10.3. The molecule has 0 aromatic carbocycles. The van der Waals surface area contributed by atoms with Gasteiger partial charge in [-0.2, -0.15) is 0 Å². The minimum atomic E-state index is 1.18. The minimum Gasteiger partial charge on any atom is -0.320 e. The quantitative estimate of drug-likeness (QED) is 0.554. The summed E-state index contributed by atoms with van der Waals surface area (Å²) in [6.07, 6.45) is 4.12. The number of nitrogens with one attached hydrogen (secondary N) is 1. The van der Waals surface area contributed by atoms with Crippen molar-refractivity contribution in [2.24, 2.45) is 0 Å². The number of rotatable bonds is 3. The molecule has 0 unspecified atom stereocenters. The largest absolute Gasteiger partial charge is 0.320 e. The van der Waals surface area contributed by atoms with E-state index in [4.69, 9.17) is 0 Å². The van der Waals surface area contributed by atoms with Gasteiger partial charge in [0, 0.05) is 0 Å². The molecule has 1 aliphatic rings. The van der Waals surface area contributed by atoms with E-state index in [2.05, 4.69) is 5.32 Å². The molecule has 1 fully saturated rings. The molecule has 1 N–H and O–H groups in total. The van der Waals surface area contributed by atoms with Crippen molar-refractivity contribution in [3.8, 4) is 0 Å². The van der Waals surface area contributed by atoms with Crippen molar-refractivity contribution in [1.29, 1.82) is 0 Å². The third kappa shape index (κ3) is 1.93. The first-order chi connectivity index (χ1) is 3.43.